The monoisotopic (exact) mass is 529 g/mol. The smallest absolute Gasteiger partial charge is 0.257 e. The van der Waals surface area contributed by atoms with Gasteiger partial charge in [-0.1, -0.05) is 67.0 Å². The van der Waals surface area contributed by atoms with E-state index >= 15 is 0 Å². The molecule has 0 fully saturated rings. The van der Waals surface area contributed by atoms with Gasteiger partial charge < -0.3 is 10.3 Å². The SMILES string of the molecule is CC1(C)CC(=O)C2=C(C1)Nc1nc(SCc3ccc(F)cc3)[nH]c(=O)c1C2c1ccc(Cl)c(Cl)c1. The van der Waals surface area contributed by atoms with Gasteiger partial charge in [-0.25, -0.2) is 9.37 Å². The normalized spacial score (nSPS) is 18.7. The van der Waals surface area contributed by atoms with E-state index in [-0.39, 0.29) is 22.6 Å². The number of rotatable bonds is 4. The lowest BCUT2D eigenvalue weighted by Gasteiger charge is -2.38. The van der Waals surface area contributed by atoms with Crippen LogP contribution in [0.2, 0.25) is 10.0 Å². The molecule has 180 valence electrons. The van der Waals surface area contributed by atoms with Crippen LogP contribution in [0.3, 0.4) is 0 Å². The number of anilines is 1. The second-order valence-electron chi connectivity index (χ2n) is 9.61. The molecule has 0 bridgehead atoms. The van der Waals surface area contributed by atoms with Crippen LogP contribution in [0.5, 0.6) is 0 Å². The largest absolute Gasteiger partial charge is 0.343 e. The van der Waals surface area contributed by atoms with Crippen LogP contribution >= 0.6 is 35.0 Å². The molecular formula is C26H22Cl2FN3O2S. The average molecular weight is 530 g/mol. The topological polar surface area (TPSA) is 74.8 Å². The first kappa shape index (κ1) is 24.1. The Bertz CT molecular complexity index is 1430. The number of allylic oxidation sites excluding steroid dienone is 2. The predicted octanol–water partition coefficient (Wildman–Crippen LogP) is 6.71. The molecule has 2 aromatic carbocycles. The van der Waals surface area contributed by atoms with Gasteiger partial charge in [0.15, 0.2) is 10.9 Å². The molecule has 5 nitrogen and oxygen atoms in total. The van der Waals surface area contributed by atoms with Crippen molar-refractivity contribution in [1.29, 1.82) is 0 Å². The van der Waals surface area contributed by atoms with E-state index in [1.165, 1.54) is 23.9 Å². The third-order valence-electron chi connectivity index (χ3n) is 6.27. The number of hydrogen-bond donors (Lipinski definition) is 2. The number of nitrogens with one attached hydrogen (secondary N) is 2. The third kappa shape index (κ3) is 4.77. The van der Waals surface area contributed by atoms with Crippen LogP contribution in [0.25, 0.3) is 0 Å². The number of halogens is 3. The van der Waals surface area contributed by atoms with Gasteiger partial charge in [0, 0.05) is 29.4 Å². The summed E-state index contributed by atoms with van der Waals surface area (Å²) in [5, 5.41) is 4.49. The van der Waals surface area contributed by atoms with Gasteiger partial charge in [0.05, 0.1) is 15.6 Å². The summed E-state index contributed by atoms with van der Waals surface area (Å²) in [7, 11) is 0. The molecule has 1 aliphatic carbocycles. The van der Waals surface area contributed by atoms with Crippen LogP contribution in [0, 0.1) is 11.2 Å². The van der Waals surface area contributed by atoms with E-state index in [9.17, 15) is 14.0 Å². The summed E-state index contributed by atoms with van der Waals surface area (Å²) in [5.41, 5.74) is 2.80. The highest BCUT2D eigenvalue weighted by Gasteiger charge is 2.42. The summed E-state index contributed by atoms with van der Waals surface area (Å²) in [5.74, 6) is 0.0329. The molecule has 2 aliphatic rings. The summed E-state index contributed by atoms with van der Waals surface area (Å²) in [6.07, 6.45) is 1.04. The Hall–Kier alpha value is -2.61. The Morgan fingerprint density at radius 3 is 2.54 bits per heavy atom. The molecule has 3 aromatic rings. The van der Waals surface area contributed by atoms with Crippen molar-refractivity contribution in [2.24, 2.45) is 5.41 Å². The second kappa shape index (κ2) is 9.12. The minimum atomic E-state index is -0.605. The van der Waals surface area contributed by atoms with E-state index in [0.717, 1.165) is 11.3 Å². The van der Waals surface area contributed by atoms with Gasteiger partial charge in [-0.15, -0.1) is 0 Å². The summed E-state index contributed by atoms with van der Waals surface area (Å²) in [4.78, 5) is 34.3. The fourth-order valence-corrected chi connectivity index (χ4v) is 5.84. The number of fused-ring (bicyclic) bond motifs is 1. The number of aromatic nitrogens is 2. The van der Waals surface area contributed by atoms with Crippen LogP contribution in [-0.2, 0) is 10.5 Å². The summed E-state index contributed by atoms with van der Waals surface area (Å²) in [6.45, 7) is 4.10. The van der Waals surface area contributed by atoms with Gasteiger partial charge in [-0.2, -0.15) is 0 Å². The Morgan fingerprint density at radius 1 is 1.09 bits per heavy atom. The Labute approximate surface area is 216 Å². The Balaban J connectivity index is 1.59. The number of thioether (sulfide) groups is 1. The van der Waals surface area contributed by atoms with Crippen LogP contribution in [0.1, 0.15) is 49.3 Å². The van der Waals surface area contributed by atoms with Crippen molar-refractivity contribution < 1.29 is 9.18 Å². The fourth-order valence-electron chi connectivity index (χ4n) is 4.72. The third-order valence-corrected chi connectivity index (χ3v) is 7.95. The highest BCUT2D eigenvalue weighted by atomic mass is 35.5. The first-order valence-electron chi connectivity index (χ1n) is 11.1. The molecule has 35 heavy (non-hydrogen) atoms. The standard InChI is InChI=1S/C26H22Cl2FN3O2S/c1-26(2)10-18-21(19(33)11-26)20(14-5-8-16(27)17(28)9-14)22-23(30-18)31-25(32-24(22)34)35-12-13-3-6-15(29)7-4-13/h3-9,20H,10-12H2,1-2H3,(H2,30,31,32,34). The van der Waals surface area contributed by atoms with Gasteiger partial charge in [-0.05, 0) is 47.2 Å². The molecule has 0 saturated carbocycles. The lowest BCUT2D eigenvalue weighted by atomic mass is 9.69. The second-order valence-corrected chi connectivity index (χ2v) is 11.4. The first-order chi connectivity index (χ1) is 16.6. The highest BCUT2D eigenvalue weighted by Crippen LogP contribution is 2.48. The number of carbonyl (C=O) groups excluding carboxylic acids is 1. The summed E-state index contributed by atoms with van der Waals surface area (Å²) >= 11 is 13.8. The van der Waals surface area contributed by atoms with Gasteiger partial charge in [0.25, 0.3) is 5.56 Å². The van der Waals surface area contributed by atoms with E-state index in [2.05, 4.69) is 24.1 Å². The number of Topliss-reactive ketones (excluding diaryl/α,β-unsaturated/α-hetero) is 1. The van der Waals surface area contributed by atoms with Crippen LogP contribution in [-0.4, -0.2) is 15.8 Å². The summed E-state index contributed by atoms with van der Waals surface area (Å²) < 4.78 is 13.2. The average Bonchev–Trinajstić information content (AvgIpc) is 2.78. The minimum absolute atomic E-state index is 0.000339. The fraction of sp³-hybridized carbons (Fsp3) is 0.269. The molecule has 1 unspecified atom stereocenters. The van der Waals surface area contributed by atoms with E-state index in [4.69, 9.17) is 28.2 Å². The van der Waals surface area contributed by atoms with Gasteiger partial charge in [0.2, 0.25) is 0 Å². The molecule has 9 heteroatoms. The molecule has 1 aliphatic heterocycles. The maximum absolute atomic E-state index is 13.4. The number of benzene rings is 2. The van der Waals surface area contributed by atoms with Crippen LogP contribution in [0.15, 0.2) is 63.7 Å². The first-order valence-corrected chi connectivity index (χ1v) is 12.8. The maximum atomic E-state index is 13.4. The number of H-pyrrole nitrogens is 1. The van der Waals surface area contributed by atoms with E-state index in [0.29, 0.717) is 56.3 Å². The van der Waals surface area contributed by atoms with Crippen molar-refractivity contribution in [3.63, 3.8) is 0 Å². The van der Waals surface area contributed by atoms with E-state index in [1.54, 1.807) is 30.3 Å². The number of aromatic amines is 1. The van der Waals surface area contributed by atoms with Crippen LogP contribution < -0.4 is 10.9 Å². The quantitative estimate of drug-likeness (QED) is 0.290. The molecular weight excluding hydrogens is 508 g/mol. The number of carbonyl (C=O) groups is 1. The number of nitrogens with zero attached hydrogens (tertiary/aromatic N) is 1. The molecule has 2 N–H and O–H groups in total. The van der Waals surface area contributed by atoms with E-state index < -0.39 is 5.92 Å². The molecule has 0 spiro atoms. The highest BCUT2D eigenvalue weighted by molar-refractivity contribution is 7.98. The molecule has 5 rings (SSSR count). The number of hydrogen-bond acceptors (Lipinski definition) is 5. The molecule has 1 atom stereocenters. The Kier molecular flexibility index (Phi) is 6.28. The zero-order valence-electron chi connectivity index (χ0n) is 19.0. The van der Waals surface area contributed by atoms with Crippen LogP contribution in [0.4, 0.5) is 10.2 Å². The van der Waals surface area contributed by atoms with E-state index in [1.807, 2.05) is 0 Å². The van der Waals surface area contributed by atoms with Crippen molar-refractivity contribution in [1.82, 2.24) is 9.97 Å². The maximum Gasteiger partial charge on any atom is 0.257 e. The lowest BCUT2D eigenvalue weighted by molar-refractivity contribution is -0.118. The minimum Gasteiger partial charge on any atom is -0.343 e. The predicted molar refractivity (Wildman–Crippen MR) is 138 cm³/mol. The summed E-state index contributed by atoms with van der Waals surface area (Å²) in [6, 6.07) is 11.4. The van der Waals surface area contributed by atoms with Crippen molar-refractivity contribution in [2.75, 3.05) is 5.32 Å². The van der Waals surface area contributed by atoms with Gasteiger partial charge in [0.1, 0.15) is 11.6 Å². The van der Waals surface area contributed by atoms with Crippen molar-refractivity contribution in [3.8, 4) is 0 Å². The molecule has 0 radical (unpaired) electrons. The van der Waals surface area contributed by atoms with Gasteiger partial charge in [-0.3, -0.25) is 9.59 Å². The zero-order chi connectivity index (χ0) is 24.9. The van der Waals surface area contributed by atoms with Crippen molar-refractivity contribution in [2.45, 2.75) is 43.5 Å². The number of ketones is 1. The lowest BCUT2D eigenvalue weighted by Crippen LogP contribution is -2.37. The molecule has 0 saturated heterocycles. The van der Waals surface area contributed by atoms with Gasteiger partial charge >= 0.3 is 0 Å². The zero-order valence-corrected chi connectivity index (χ0v) is 21.4. The molecule has 2 heterocycles. The molecule has 0 amide bonds. The Morgan fingerprint density at radius 2 is 1.83 bits per heavy atom. The molecule has 1 aromatic heterocycles. The van der Waals surface area contributed by atoms with Crippen molar-refractivity contribution >= 4 is 46.6 Å². The van der Waals surface area contributed by atoms with Crippen molar-refractivity contribution in [3.05, 3.63) is 96.6 Å².